The van der Waals surface area contributed by atoms with E-state index in [2.05, 4.69) is 57.0 Å². The fourth-order valence-corrected chi connectivity index (χ4v) is 1.04. The summed E-state index contributed by atoms with van der Waals surface area (Å²) >= 11 is 0. The second kappa shape index (κ2) is 4.13. The molecule has 0 bridgehead atoms. The van der Waals surface area contributed by atoms with Crippen LogP contribution in [-0.4, -0.2) is 40.0 Å². The van der Waals surface area contributed by atoms with Crippen molar-refractivity contribution in [2.24, 2.45) is 5.41 Å². The molecule has 0 radical (unpaired) electrons. The molecule has 0 aliphatic rings. The molecule has 0 aliphatic carbocycles. The van der Waals surface area contributed by atoms with Gasteiger partial charge < -0.3 is 0 Å². The quantitative estimate of drug-likeness (QED) is 0.409. The topological polar surface area (TPSA) is 0 Å². The molecule has 4 heteroatoms. The molecule has 0 aliphatic heterocycles. The van der Waals surface area contributed by atoms with E-state index in [4.69, 9.17) is 0 Å². The summed E-state index contributed by atoms with van der Waals surface area (Å²) in [5.41, 5.74) is 0.284. The van der Waals surface area contributed by atoms with E-state index in [1.54, 1.807) is 0 Å². The molecule has 0 amide bonds. The van der Waals surface area contributed by atoms with Gasteiger partial charge in [-0.2, -0.15) is 0 Å². The molecular formula is C7H16B4. The van der Waals surface area contributed by atoms with Gasteiger partial charge in [-0.1, -0.05) is 0 Å². The van der Waals surface area contributed by atoms with Crippen molar-refractivity contribution in [3.05, 3.63) is 0 Å². The van der Waals surface area contributed by atoms with Gasteiger partial charge in [-0.25, -0.2) is 0 Å². The van der Waals surface area contributed by atoms with Crippen LogP contribution >= 0.6 is 0 Å². The van der Waals surface area contributed by atoms with Gasteiger partial charge in [0.15, 0.2) is 0 Å². The zero-order chi connectivity index (χ0) is 9.07. The third-order valence-corrected chi connectivity index (χ3v) is 1.62. The van der Waals surface area contributed by atoms with E-state index in [1.165, 1.54) is 10.7 Å². The first-order valence-corrected chi connectivity index (χ1v) is 4.19. The average molecular weight is 143 g/mol. The van der Waals surface area contributed by atoms with Crippen molar-refractivity contribution in [2.75, 3.05) is 0 Å². The molecule has 0 aromatic rings. The molecule has 0 aromatic carbocycles. The Hall–Kier alpha value is -0.000260. The SMILES string of the molecule is B/B=C(\B=C(/B)C)C(C)(C)C. The molecule has 0 saturated heterocycles. The Morgan fingerprint density at radius 3 is 1.82 bits per heavy atom. The number of hydrogen-bond donors (Lipinski definition) is 0. The summed E-state index contributed by atoms with van der Waals surface area (Å²) in [5, 5.41) is 2.78. The van der Waals surface area contributed by atoms with Crippen LogP contribution in [0.3, 0.4) is 0 Å². The fourth-order valence-electron chi connectivity index (χ4n) is 1.04. The molecule has 56 valence electrons. The second-order valence-electron chi connectivity index (χ2n) is 4.22. The van der Waals surface area contributed by atoms with Gasteiger partial charge in [0, 0.05) is 0 Å². The standard InChI is InChI=1S/C7H16B4/c1-5(8)10-6(11-9)7(2,3)4/h8-9H2,1-4H3. The van der Waals surface area contributed by atoms with Gasteiger partial charge >= 0.3 is 73.2 Å². The van der Waals surface area contributed by atoms with Crippen LogP contribution in [0.4, 0.5) is 0 Å². The summed E-state index contributed by atoms with van der Waals surface area (Å²) in [6.45, 7) is 13.3. The molecule has 11 heavy (non-hydrogen) atoms. The van der Waals surface area contributed by atoms with E-state index in [0.717, 1.165) is 0 Å². The first kappa shape index (κ1) is 11.0. The molecule has 0 heterocycles. The first-order valence-electron chi connectivity index (χ1n) is 4.19. The molecule has 0 fully saturated rings. The van der Waals surface area contributed by atoms with E-state index >= 15 is 0 Å². The average Bonchev–Trinajstić information content (AvgIpc) is 1.79. The Morgan fingerprint density at radius 2 is 1.73 bits per heavy atom. The fraction of sp³-hybridized carbons (Fsp3) is 0.714. The van der Waals surface area contributed by atoms with Gasteiger partial charge in [0.05, 0.1) is 0 Å². The van der Waals surface area contributed by atoms with E-state index in [0.29, 0.717) is 0 Å². The summed E-state index contributed by atoms with van der Waals surface area (Å²) in [6, 6.07) is 0. The first-order chi connectivity index (χ1) is 4.88. The zero-order valence-electron chi connectivity index (χ0n) is 8.65. The van der Waals surface area contributed by atoms with Gasteiger partial charge in [0.25, 0.3) is 0 Å². The van der Waals surface area contributed by atoms with Crippen LogP contribution in [0.1, 0.15) is 27.7 Å². The second-order valence-corrected chi connectivity index (χ2v) is 4.22. The van der Waals surface area contributed by atoms with Crippen LogP contribution in [0, 0.1) is 5.41 Å². The summed E-state index contributed by atoms with van der Waals surface area (Å²) in [5.74, 6) is 0. The van der Waals surface area contributed by atoms with E-state index in [1.807, 2.05) is 0 Å². The van der Waals surface area contributed by atoms with Crippen molar-refractivity contribution in [3.63, 3.8) is 0 Å². The Labute approximate surface area is 73.8 Å². The van der Waals surface area contributed by atoms with Crippen molar-refractivity contribution in [1.29, 1.82) is 0 Å². The van der Waals surface area contributed by atoms with Crippen molar-refractivity contribution >= 4 is 40.0 Å². The predicted octanol–water partition coefficient (Wildman–Crippen LogP) is -1.10. The molecular weight excluding hydrogens is 127 g/mol. The molecule has 0 aromatic heterocycles. The summed E-state index contributed by atoms with van der Waals surface area (Å²) in [7, 11) is 4.23. The Kier molecular flexibility index (Phi) is 4.13. The molecule has 0 N–H and O–H groups in total. The van der Waals surface area contributed by atoms with E-state index in [-0.39, 0.29) is 5.41 Å². The number of hydrogen-bond acceptors (Lipinski definition) is 0. The van der Waals surface area contributed by atoms with Gasteiger partial charge in [-0.05, 0) is 0 Å². The van der Waals surface area contributed by atoms with Crippen LogP contribution in [0.25, 0.3) is 0 Å². The van der Waals surface area contributed by atoms with Crippen LogP contribution < -0.4 is 0 Å². The van der Waals surface area contributed by atoms with E-state index in [9.17, 15) is 0 Å². The van der Waals surface area contributed by atoms with Gasteiger partial charge in [-0.15, -0.1) is 0 Å². The van der Waals surface area contributed by atoms with Crippen molar-refractivity contribution in [2.45, 2.75) is 27.7 Å². The molecule has 0 atom stereocenters. The molecule has 0 spiro atoms. The van der Waals surface area contributed by atoms with E-state index < -0.39 is 0 Å². The molecule has 0 saturated carbocycles. The molecule has 0 nitrogen and oxygen atoms in total. The maximum absolute atomic E-state index is 2.25. The van der Waals surface area contributed by atoms with Crippen molar-refractivity contribution < 1.29 is 0 Å². The van der Waals surface area contributed by atoms with Gasteiger partial charge in [-0.3, -0.25) is 0 Å². The van der Waals surface area contributed by atoms with Crippen LogP contribution in [0.5, 0.6) is 0 Å². The zero-order valence-corrected chi connectivity index (χ0v) is 8.65. The Bertz CT molecular complexity index is 181. The monoisotopic (exact) mass is 144 g/mol. The van der Waals surface area contributed by atoms with Crippen LogP contribution in [0.15, 0.2) is 0 Å². The molecule has 0 rings (SSSR count). The third-order valence-electron chi connectivity index (χ3n) is 1.62. The Morgan fingerprint density at radius 1 is 1.27 bits per heavy atom. The normalized spacial score (nSPS) is 13.8. The predicted molar refractivity (Wildman–Crippen MR) is 63.7 cm³/mol. The van der Waals surface area contributed by atoms with Crippen molar-refractivity contribution in [1.82, 2.24) is 0 Å². The molecule has 0 unspecified atom stereocenters. The summed E-state index contributed by atoms with van der Waals surface area (Å²) < 4.78 is 0. The minimum atomic E-state index is 0.284. The minimum absolute atomic E-state index is 0.284. The summed E-state index contributed by atoms with van der Waals surface area (Å²) in [4.78, 5) is 0. The van der Waals surface area contributed by atoms with Crippen LogP contribution in [-0.2, 0) is 0 Å². The maximum atomic E-state index is 2.25. The van der Waals surface area contributed by atoms with Crippen LogP contribution in [0.2, 0.25) is 0 Å². The number of rotatable bonds is 1. The Balaban J connectivity index is 4.60. The van der Waals surface area contributed by atoms with Gasteiger partial charge in [0.1, 0.15) is 0 Å². The third kappa shape index (κ3) is 4.44. The summed E-state index contributed by atoms with van der Waals surface area (Å²) in [6.07, 6.45) is 0. The van der Waals surface area contributed by atoms with Gasteiger partial charge in [0.2, 0.25) is 0 Å². The van der Waals surface area contributed by atoms with Crippen molar-refractivity contribution in [3.8, 4) is 0 Å².